The van der Waals surface area contributed by atoms with Crippen LogP contribution in [0.2, 0.25) is 0 Å². The van der Waals surface area contributed by atoms with E-state index in [-0.39, 0.29) is 11.9 Å². The molecule has 4 heteroatoms. The molecule has 1 aromatic rings. The van der Waals surface area contributed by atoms with Crippen LogP contribution in [0.15, 0.2) is 22.7 Å². The summed E-state index contributed by atoms with van der Waals surface area (Å²) >= 11 is 3.42. The lowest BCUT2D eigenvalue weighted by atomic mass is 10.2. The fraction of sp³-hybridized carbons (Fsp3) is 0.364. The number of hydrogen-bond acceptors (Lipinski definition) is 2. The Morgan fingerprint density at radius 2 is 2.13 bits per heavy atom. The van der Waals surface area contributed by atoms with Gasteiger partial charge in [-0.05, 0) is 38.6 Å². The maximum Gasteiger partial charge on any atom is 0.241 e. The molecule has 0 saturated carbocycles. The molecular weight excluding hydrogens is 256 g/mol. The number of carbonyl (C=O) groups excluding carboxylic acids is 1. The fourth-order valence-electron chi connectivity index (χ4n) is 1.05. The van der Waals surface area contributed by atoms with E-state index < -0.39 is 0 Å². The number of aryl methyl sites for hydroxylation is 1. The summed E-state index contributed by atoms with van der Waals surface area (Å²) in [6, 6.07) is 5.56. The van der Waals surface area contributed by atoms with Gasteiger partial charge < -0.3 is 10.6 Å². The lowest BCUT2D eigenvalue weighted by molar-refractivity contribution is -0.117. The number of halogens is 1. The van der Waals surface area contributed by atoms with Gasteiger partial charge in [-0.3, -0.25) is 4.79 Å². The van der Waals surface area contributed by atoms with Crippen molar-refractivity contribution in [3.8, 4) is 0 Å². The van der Waals surface area contributed by atoms with Gasteiger partial charge in [0, 0.05) is 10.2 Å². The highest BCUT2D eigenvalue weighted by Crippen LogP contribution is 2.20. The minimum Gasteiger partial charge on any atom is -0.325 e. The Bertz CT molecular complexity index is 366. The summed E-state index contributed by atoms with van der Waals surface area (Å²) in [6.45, 7) is 3.82. The quantitative estimate of drug-likeness (QED) is 0.885. The first-order valence-corrected chi connectivity index (χ1v) is 5.58. The molecule has 0 fully saturated rings. The van der Waals surface area contributed by atoms with Gasteiger partial charge in [-0.15, -0.1) is 0 Å². The third-order valence-electron chi connectivity index (χ3n) is 2.27. The molecule has 82 valence electrons. The summed E-state index contributed by atoms with van der Waals surface area (Å²) in [5, 5.41) is 5.72. The van der Waals surface area contributed by atoms with Crippen LogP contribution in [-0.2, 0) is 4.79 Å². The van der Waals surface area contributed by atoms with E-state index in [1.807, 2.05) is 32.0 Å². The first-order chi connectivity index (χ1) is 7.04. The van der Waals surface area contributed by atoms with E-state index in [4.69, 9.17) is 0 Å². The van der Waals surface area contributed by atoms with E-state index in [2.05, 4.69) is 26.6 Å². The maximum absolute atomic E-state index is 11.6. The van der Waals surface area contributed by atoms with Gasteiger partial charge in [0.2, 0.25) is 5.91 Å². The monoisotopic (exact) mass is 270 g/mol. The van der Waals surface area contributed by atoms with Gasteiger partial charge in [-0.25, -0.2) is 0 Å². The number of rotatable bonds is 3. The van der Waals surface area contributed by atoms with Crippen molar-refractivity contribution in [2.24, 2.45) is 0 Å². The molecule has 1 rings (SSSR count). The van der Waals surface area contributed by atoms with E-state index in [0.717, 1.165) is 15.7 Å². The first kappa shape index (κ1) is 12.2. The molecule has 2 N–H and O–H groups in total. The number of anilines is 1. The Labute approximate surface area is 98.4 Å². The zero-order valence-corrected chi connectivity index (χ0v) is 10.7. The smallest absolute Gasteiger partial charge is 0.241 e. The molecular formula is C11H15BrN2O. The molecule has 15 heavy (non-hydrogen) atoms. The SMILES string of the molecule is CNC(C)C(=O)Nc1ccc(C)c(Br)c1. The maximum atomic E-state index is 11.6. The minimum absolute atomic E-state index is 0.0340. The predicted molar refractivity (Wildman–Crippen MR) is 66.0 cm³/mol. The average molecular weight is 271 g/mol. The van der Waals surface area contributed by atoms with E-state index in [9.17, 15) is 4.79 Å². The summed E-state index contributed by atoms with van der Waals surface area (Å²) in [6.07, 6.45) is 0. The number of benzene rings is 1. The minimum atomic E-state index is -0.190. The molecule has 0 aromatic heterocycles. The standard InChI is InChI=1S/C11H15BrN2O/c1-7-4-5-9(6-10(7)12)14-11(15)8(2)13-3/h4-6,8,13H,1-3H3,(H,14,15). The van der Waals surface area contributed by atoms with Crippen LogP contribution in [0, 0.1) is 6.92 Å². The second kappa shape index (κ2) is 5.28. The molecule has 0 bridgehead atoms. The van der Waals surface area contributed by atoms with Crippen LogP contribution < -0.4 is 10.6 Å². The van der Waals surface area contributed by atoms with Gasteiger partial charge in [0.05, 0.1) is 6.04 Å². The van der Waals surface area contributed by atoms with Crippen molar-refractivity contribution in [2.45, 2.75) is 19.9 Å². The molecule has 0 heterocycles. The molecule has 1 amide bonds. The average Bonchev–Trinajstić information content (AvgIpc) is 2.22. The Kier molecular flexibility index (Phi) is 4.29. The van der Waals surface area contributed by atoms with Gasteiger partial charge in [0.25, 0.3) is 0 Å². The summed E-state index contributed by atoms with van der Waals surface area (Å²) in [5.41, 5.74) is 1.95. The molecule has 1 unspecified atom stereocenters. The van der Waals surface area contributed by atoms with Crippen molar-refractivity contribution in [1.82, 2.24) is 5.32 Å². The number of nitrogens with one attached hydrogen (secondary N) is 2. The molecule has 0 spiro atoms. The lowest BCUT2D eigenvalue weighted by Gasteiger charge is -2.11. The van der Waals surface area contributed by atoms with Crippen molar-refractivity contribution < 1.29 is 4.79 Å². The zero-order chi connectivity index (χ0) is 11.4. The second-order valence-corrected chi connectivity index (χ2v) is 4.32. The van der Waals surface area contributed by atoms with Crippen LogP contribution in [0.3, 0.4) is 0 Å². The third-order valence-corrected chi connectivity index (χ3v) is 3.12. The molecule has 0 aliphatic rings. The topological polar surface area (TPSA) is 41.1 Å². The van der Waals surface area contributed by atoms with Crippen molar-refractivity contribution in [3.05, 3.63) is 28.2 Å². The van der Waals surface area contributed by atoms with Gasteiger partial charge >= 0.3 is 0 Å². The Hall–Kier alpha value is -0.870. The lowest BCUT2D eigenvalue weighted by Crippen LogP contribution is -2.35. The predicted octanol–water partition coefficient (Wildman–Crippen LogP) is 2.30. The zero-order valence-electron chi connectivity index (χ0n) is 9.10. The molecule has 1 atom stereocenters. The van der Waals surface area contributed by atoms with E-state index in [1.165, 1.54) is 0 Å². The first-order valence-electron chi connectivity index (χ1n) is 4.79. The van der Waals surface area contributed by atoms with Crippen LogP contribution in [-0.4, -0.2) is 19.0 Å². The normalized spacial score (nSPS) is 12.3. The van der Waals surface area contributed by atoms with Crippen LogP contribution in [0.4, 0.5) is 5.69 Å². The Morgan fingerprint density at radius 3 is 2.67 bits per heavy atom. The van der Waals surface area contributed by atoms with Crippen LogP contribution in [0.25, 0.3) is 0 Å². The highest BCUT2D eigenvalue weighted by Gasteiger charge is 2.10. The van der Waals surface area contributed by atoms with Crippen molar-refractivity contribution >= 4 is 27.5 Å². The number of hydrogen-bond donors (Lipinski definition) is 2. The molecule has 0 aliphatic heterocycles. The van der Waals surface area contributed by atoms with Crippen molar-refractivity contribution in [1.29, 1.82) is 0 Å². The van der Waals surface area contributed by atoms with E-state index in [1.54, 1.807) is 7.05 Å². The van der Waals surface area contributed by atoms with Crippen LogP contribution in [0.5, 0.6) is 0 Å². The number of amides is 1. The highest BCUT2D eigenvalue weighted by atomic mass is 79.9. The van der Waals surface area contributed by atoms with E-state index >= 15 is 0 Å². The molecule has 3 nitrogen and oxygen atoms in total. The molecule has 0 aliphatic carbocycles. The summed E-state index contributed by atoms with van der Waals surface area (Å²) in [7, 11) is 1.76. The van der Waals surface area contributed by atoms with E-state index in [0.29, 0.717) is 0 Å². The Morgan fingerprint density at radius 1 is 1.47 bits per heavy atom. The number of likely N-dealkylation sites (N-methyl/N-ethyl adjacent to an activating group) is 1. The molecule has 0 saturated heterocycles. The number of carbonyl (C=O) groups is 1. The summed E-state index contributed by atoms with van der Waals surface area (Å²) < 4.78 is 0.998. The summed E-state index contributed by atoms with van der Waals surface area (Å²) in [5.74, 6) is -0.0340. The van der Waals surface area contributed by atoms with Crippen molar-refractivity contribution in [3.63, 3.8) is 0 Å². The van der Waals surface area contributed by atoms with Crippen LogP contribution >= 0.6 is 15.9 Å². The summed E-state index contributed by atoms with van der Waals surface area (Å²) in [4.78, 5) is 11.6. The van der Waals surface area contributed by atoms with Gasteiger partial charge in [-0.2, -0.15) is 0 Å². The second-order valence-electron chi connectivity index (χ2n) is 3.46. The molecule has 0 radical (unpaired) electrons. The fourth-order valence-corrected chi connectivity index (χ4v) is 1.43. The Balaban J connectivity index is 2.73. The largest absolute Gasteiger partial charge is 0.325 e. The van der Waals surface area contributed by atoms with Crippen LogP contribution in [0.1, 0.15) is 12.5 Å². The van der Waals surface area contributed by atoms with Gasteiger partial charge in [0.1, 0.15) is 0 Å². The highest BCUT2D eigenvalue weighted by molar-refractivity contribution is 9.10. The molecule has 1 aromatic carbocycles. The third kappa shape index (κ3) is 3.32. The van der Waals surface area contributed by atoms with Crippen molar-refractivity contribution in [2.75, 3.05) is 12.4 Å². The van der Waals surface area contributed by atoms with Gasteiger partial charge in [0.15, 0.2) is 0 Å². The van der Waals surface area contributed by atoms with Gasteiger partial charge in [-0.1, -0.05) is 22.0 Å².